The molecule has 5 rings (SSSR count). The van der Waals surface area contributed by atoms with Crippen LogP contribution in [0.2, 0.25) is 0 Å². The molecule has 2 aliphatic heterocycles. The van der Waals surface area contributed by atoms with Gasteiger partial charge in [0.25, 0.3) is 15.7 Å². The summed E-state index contributed by atoms with van der Waals surface area (Å²) in [6.45, 7) is 2.18. The van der Waals surface area contributed by atoms with Crippen LogP contribution < -0.4 is 4.31 Å². The van der Waals surface area contributed by atoms with Gasteiger partial charge in [-0.25, -0.2) is 13.2 Å². The third kappa shape index (κ3) is 2.89. The van der Waals surface area contributed by atoms with Crippen LogP contribution in [-0.2, 0) is 25.0 Å². The van der Waals surface area contributed by atoms with Gasteiger partial charge in [0.1, 0.15) is 6.04 Å². The molecule has 2 aromatic rings. The third-order valence-corrected chi connectivity index (χ3v) is 8.49. The number of Topliss-reactive ketones (excluding diaryl/α,β-unsaturated/α-hetero) is 1. The van der Waals surface area contributed by atoms with Gasteiger partial charge in [-0.3, -0.25) is 24.1 Å². The number of non-ortho nitro benzene ring substituents is 1. The highest BCUT2D eigenvalue weighted by atomic mass is 32.2. The van der Waals surface area contributed by atoms with Gasteiger partial charge in [0.15, 0.2) is 5.78 Å². The Balaban J connectivity index is 1.67. The van der Waals surface area contributed by atoms with Crippen molar-refractivity contribution < 1.29 is 27.7 Å². The van der Waals surface area contributed by atoms with Gasteiger partial charge in [0.2, 0.25) is 0 Å². The molecule has 1 spiro atoms. The number of para-hydroxylation sites is 1. The van der Waals surface area contributed by atoms with Crippen LogP contribution in [0, 0.1) is 10.1 Å². The van der Waals surface area contributed by atoms with E-state index in [9.17, 15) is 28.1 Å². The zero-order valence-electron chi connectivity index (χ0n) is 18.2. The second kappa shape index (κ2) is 7.66. The highest BCUT2D eigenvalue weighted by molar-refractivity contribution is 7.93. The Morgan fingerprint density at radius 1 is 1.21 bits per heavy atom. The van der Waals surface area contributed by atoms with E-state index in [0.29, 0.717) is 23.4 Å². The average molecular weight is 484 g/mol. The molecule has 1 fully saturated rings. The van der Waals surface area contributed by atoms with Gasteiger partial charge in [0.05, 0.1) is 27.5 Å². The highest BCUT2D eigenvalue weighted by Gasteiger charge is 2.64. The first kappa shape index (κ1) is 22.1. The fourth-order valence-corrected chi connectivity index (χ4v) is 7.08. The van der Waals surface area contributed by atoms with Crippen molar-refractivity contribution in [2.45, 2.75) is 36.1 Å². The molecule has 0 bridgehead atoms. The van der Waals surface area contributed by atoms with Gasteiger partial charge in [-0.1, -0.05) is 24.3 Å². The van der Waals surface area contributed by atoms with Crippen LogP contribution in [-0.4, -0.2) is 49.3 Å². The predicted octanol–water partition coefficient (Wildman–Crippen LogP) is 3.13. The minimum absolute atomic E-state index is 0.0298. The van der Waals surface area contributed by atoms with E-state index >= 15 is 0 Å². The maximum Gasteiger partial charge on any atom is 0.414 e. The average Bonchev–Trinajstić information content (AvgIpc) is 3.36. The molecule has 11 heteroatoms. The summed E-state index contributed by atoms with van der Waals surface area (Å²) in [6, 6.07) is 10.4. The minimum atomic E-state index is -4.26. The number of likely N-dealkylation sites (tertiary alicyclic amines) is 1. The summed E-state index contributed by atoms with van der Waals surface area (Å²) in [5.74, 6) is -0.281. The van der Waals surface area contributed by atoms with Crippen LogP contribution in [0.1, 0.15) is 25.3 Å². The van der Waals surface area contributed by atoms with Gasteiger partial charge in [-0.15, -0.1) is 0 Å². The van der Waals surface area contributed by atoms with Crippen LogP contribution in [0.5, 0.6) is 0 Å². The SMILES string of the molecule is CCOC(=O)N1CC[C@@]23C1=CCC(=O)[C@@H]2N(S(=O)(=O)c1ccc([N+](=O)[O-])cc1)c1ccccc13. The maximum atomic E-state index is 13.9. The fraction of sp³-hybridized carbons (Fsp3) is 0.304. The number of allylic oxidation sites excluding steroid dienone is 1. The van der Waals surface area contributed by atoms with E-state index in [0.717, 1.165) is 16.4 Å². The number of rotatable bonds is 4. The van der Waals surface area contributed by atoms with Crippen molar-refractivity contribution >= 4 is 33.3 Å². The Morgan fingerprint density at radius 3 is 2.59 bits per heavy atom. The molecular formula is C23H21N3O7S. The lowest BCUT2D eigenvalue weighted by atomic mass is 9.69. The van der Waals surface area contributed by atoms with Crippen molar-refractivity contribution in [3.05, 3.63) is 76.0 Å². The van der Waals surface area contributed by atoms with Gasteiger partial charge in [-0.2, -0.15) is 0 Å². The fourth-order valence-electron chi connectivity index (χ4n) is 5.38. The van der Waals surface area contributed by atoms with E-state index in [1.54, 1.807) is 37.3 Å². The molecule has 2 heterocycles. The summed E-state index contributed by atoms with van der Waals surface area (Å²) in [6.07, 6.45) is 1.49. The van der Waals surface area contributed by atoms with Crippen molar-refractivity contribution in [3.8, 4) is 0 Å². The number of hydrogen-bond acceptors (Lipinski definition) is 7. The topological polar surface area (TPSA) is 127 Å². The van der Waals surface area contributed by atoms with Crippen molar-refractivity contribution in [2.75, 3.05) is 17.5 Å². The van der Waals surface area contributed by atoms with Crippen LogP contribution in [0.15, 0.2) is 65.2 Å². The number of anilines is 1. The first-order chi connectivity index (χ1) is 16.2. The molecular weight excluding hydrogens is 462 g/mol. The predicted molar refractivity (Wildman–Crippen MR) is 121 cm³/mol. The Bertz CT molecular complexity index is 1350. The second-order valence-electron chi connectivity index (χ2n) is 8.30. The lowest BCUT2D eigenvalue weighted by Crippen LogP contribution is -2.54. The van der Waals surface area contributed by atoms with Gasteiger partial charge >= 0.3 is 6.09 Å². The minimum Gasteiger partial charge on any atom is -0.449 e. The summed E-state index contributed by atoms with van der Waals surface area (Å²) in [5, 5.41) is 11.0. The number of ether oxygens (including phenoxy) is 1. The summed E-state index contributed by atoms with van der Waals surface area (Å²) in [7, 11) is -4.26. The standard InChI is InChI=1S/C23H21N3O7S/c1-2-33-22(28)24-14-13-23-17-5-3-4-6-18(17)25(21(23)19(27)11-12-20(23)24)34(31,32)16-9-7-15(8-10-16)26(29)30/h3-10,12,21H,2,11,13-14H2,1H3/t21-,23+/m0/s1. The summed E-state index contributed by atoms with van der Waals surface area (Å²) in [4.78, 5) is 37.7. The molecule has 1 aliphatic carbocycles. The number of amides is 1. The molecule has 2 atom stereocenters. The molecule has 0 saturated carbocycles. The monoisotopic (exact) mass is 483 g/mol. The largest absolute Gasteiger partial charge is 0.449 e. The zero-order valence-corrected chi connectivity index (χ0v) is 19.0. The van der Waals surface area contributed by atoms with Gasteiger partial charge < -0.3 is 4.74 Å². The molecule has 34 heavy (non-hydrogen) atoms. The number of carbonyl (C=O) groups excluding carboxylic acids is 2. The Hall–Kier alpha value is -3.73. The molecule has 176 valence electrons. The number of sulfonamides is 1. The number of nitrogens with zero attached hydrogens (tertiary/aromatic N) is 3. The molecule has 0 unspecified atom stereocenters. The van der Waals surface area contributed by atoms with Crippen LogP contribution in [0.3, 0.4) is 0 Å². The van der Waals surface area contributed by atoms with E-state index in [-0.39, 0.29) is 35.9 Å². The lowest BCUT2D eigenvalue weighted by molar-refractivity contribution is -0.384. The van der Waals surface area contributed by atoms with Crippen LogP contribution in [0.25, 0.3) is 0 Å². The number of fused-ring (bicyclic) bond motifs is 1. The summed E-state index contributed by atoms with van der Waals surface area (Å²) in [5.41, 5.74) is 0.322. The quantitative estimate of drug-likeness (QED) is 0.483. The van der Waals surface area contributed by atoms with E-state index < -0.39 is 32.5 Å². The molecule has 0 N–H and O–H groups in total. The maximum absolute atomic E-state index is 13.9. The van der Waals surface area contributed by atoms with Crippen molar-refractivity contribution in [3.63, 3.8) is 0 Å². The van der Waals surface area contributed by atoms with Crippen molar-refractivity contribution in [1.82, 2.24) is 4.90 Å². The Labute approximate surface area is 195 Å². The molecule has 1 amide bonds. The van der Waals surface area contributed by atoms with E-state index in [4.69, 9.17) is 4.74 Å². The highest BCUT2D eigenvalue weighted by Crippen LogP contribution is 2.58. The first-order valence-electron chi connectivity index (χ1n) is 10.8. The lowest BCUT2D eigenvalue weighted by Gasteiger charge is -2.39. The van der Waals surface area contributed by atoms with Crippen molar-refractivity contribution in [2.24, 2.45) is 0 Å². The zero-order chi connectivity index (χ0) is 24.3. The number of nitro groups is 1. The van der Waals surface area contributed by atoms with Crippen LogP contribution >= 0.6 is 0 Å². The number of nitro benzene ring substituents is 1. The molecule has 3 aliphatic rings. The van der Waals surface area contributed by atoms with Gasteiger partial charge in [-0.05, 0) is 37.1 Å². The number of benzene rings is 2. The van der Waals surface area contributed by atoms with Crippen LogP contribution in [0.4, 0.5) is 16.2 Å². The molecule has 2 aromatic carbocycles. The first-order valence-corrected chi connectivity index (χ1v) is 12.2. The second-order valence-corrected chi connectivity index (χ2v) is 10.1. The number of hydrogen-bond donors (Lipinski definition) is 0. The molecule has 0 radical (unpaired) electrons. The summed E-state index contributed by atoms with van der Waals surface area (Å²) < 4.78 is 34.1. The number of ketones is 1. The third-order valence-electron chi connectivity index (χ3n) is 6.70. The Morgan fingerprint density at radius 2 is 1.91 bits per heavy atom. The van der Waals surface area contributed by atoms with Gasteiger partial charge in [0, 0.05) is 30.8 Å². The molecule has 10 nitrogen and oxygen atoms in total. The van der Waals surface area contributed by atoms with E-state index in [1.807, 2.05) is 0 Å². The normalized spacial score (nSPS) is 23.1. The number of carbonyl (C=O) groups is 2. The Kier molecular flexibility index (Phi) is 4.97. The van der Waals surface area contributed by atoms with Crippen molar-refractivity contribution in [1.29, 1.82) is 0 Å². The molecule has 0 aromatic heterocycles. The van der Waals surface area contributed by atoms with E-state index in [2.05, 4.69) is 0 Å². The molecule has 1 saturated heterocycles. The van der Waals surface area contributed by atoms with E-state index in [1.165, 1.54) is 17.0 Å². The summed E-state index contributed by atoms with van der Waals surface area (Å²) >= 11 is 0. The smallest absolute Gasteiger partial charge is 0.414 e.